The molecule has 0 radical (unpaired) electrons. The van der Waals surface area contributed by atoms with Crippen LogP contribution in [-0.2, 0) is 89.9 Å². The van der Waals surface area contributed by atoms with E-state index in [2.05, 4.69) is 48.8 Å². The second kappa shape index (κ2) is 57.1. The Morgan fingerprint density at radius 3 is 1.58 bits per heavy atom. The molecule has 654 valence electrons. The molecule has 0 aromatic rings. The number of nitrogens with one attached hydrogen (secondary N) is 3. The molecule has 17 N–H and O–H groups in total. The highest BCUT2D eigenvalue weighted by Gasteiger charge is 2.63. The lowest BCUT2D eigenvalue weighted by atomic mass is 9.91. The highest BCUT2D eigenvalue weighted by molar-refractivity contribution is 7.47. The molecule has 3 rings (SSSR count). The van der Waals surface area contributed by atoms with Crippen molar-refractivity contribution in [1.82, 2.24) is 16.0 Å². The van der Waals surface area contributed by atoms with Crippen molar-refractivity contribution in [1.29, 1.82) is 0 Å². The van der Waals surface area contributed by atoms with Crippen LogP contribution in [0.1, 0.15) is 246 Å². The molecule has 3 aliphatic heterocycles. The molecular weight excluding hydrogens is 1510 g/mol. The maximum Gasteiger partial charge on any atom is 0.472 e. The number of phosphoric ester groups is 1. The molecular formula is C76H132N3O33P. The number of esters is 2. The summed E-state index contributed by atoms with van der Waals surface area (Å²) in [5.41, 5.74) is -3.37. The molecule has 37 heteroatoms. The number of ether oxygens (including phenoxy) is 8. The Morgan fingerprint density at radius 1 is 0.549 bits per heavy atom. The third kappa shape index (κ3) is 39.3. The highest BCUT2D eigenvalue weighted by atomic mass is 31.2. The van der Waals surface area contributed by atoms with Gasteiger partial charge in [-0.25, -0.2) is 14.2 Å². The first-order valence-corrected chi connectivity index (χ1v) is 41.7. The van der Waals surface area contributed by atoms with Crippen LogP contribution in [-0.4, -0.2) is 280 Å². The molecule has 113 heavy (non-hydrogen) atoms. The summed E-state index contributed by atoms with van der Waals surface area (Å²) in [4.78, 5) is 113. The maximum atomic E-state index is 13.4. The summed E-state index contributed by atoms with van der Waals surface area (Å²) >= 11 is 0. The quantitative estimate of drug-likeness (QED) is 0.0136. The van der Waals surface area contributed by atoms with E-state index in [1.807, 2.05) is 5.32 Å². The largest absolute Gasteiger partial charge is 0.479 e. The molecule has 36 nitrogen and oxygen atoms in total. The van der Waals surface area contributed by atoms with Crippen LogP contribution in [0, 0.1) is 0 Å². The average Bonchev–Trinajstić information content (AvgIpc) is 0.746. The molecule has 10 unspecified atom stereocenters. The molecule has 3 aliphatic rings. The predicted octanol–water partition coefficient (Wildman–Crippen LogP) is 3.38. The number of Topliss-reactive ketones (excluding diaryl/α,β-unsaturated/α-hetero) is 1. The fourth-order valence-corrected chi connectivity index (χ4v) is 13.8. The van der Waals surface area contributed by atoms with Gasteiger partial charge < -0.3 is 125 Å². The van der Waals surface area contributed by atoms with E-state index in [9.17, 15) is 114 Å². The Bertz CT molecular complexity index is 2850. The van der Waals surface area contributed by atoms with Crippen molar-refractivity contribution in [3.63, 3.8) is 0 Å². The number of rotatable bonds is 63. The molecule has 0 aromatic heterocycles. The number of allylic oxidation sites excluding steroid dienone is 4. The molecule has 0 aromatic carbocycles. The summed E-state index contributed by atoms with van der Waals surface area (Å²) in [6.07, 6.45) is -4.91. The number of carbonyl (C=O) groups excluding carboxylic acids is 6. The minimum absolute atomic E-state index is 0.0642. The molecule has 21 atom stereocenters. The van der Waals surface area contributed by atoms with Crippen LogP contribution in [0.2, 0.25) is 0 Å². The fourth-order valence-electron chi connectivity index (χ4n) is 13.0. The summed E-state index contributed by atoms with van der Waals surface area (Å²) in [5.74, 6) is -8.12. The summed E-state index contributed by atoms with van der Waals surface area (Å²) in [7, 11) is -4.84. The van der Waals surface area contributed by atoms with Crippen molar-refractivity contribution in [3.8, 4) is 0 Å². The lowest BCUT2D eigenvalue weighted by molar-refractivity contribution is -0.405. The number of ketones is 1. The minimum atomic E-state index is -4.84. The molecule has 0 spiro atoms. The average molecular weight is 1650 g/mol. The zero-order valence-electron chi connectivity index (χ0n) is 66.0. The van der Waals surface area contributed by atoms with Crippen molar-refractivity contribution >= 4 is 55.2 Å². The van der Waals surface area contributed by atoms with E-state index < -0.39 is 223 Å². The van der Waals surface area contributed by atoms with Gasteiger partial charge in [0.05, 0.1) is 32.5 Å². The number of hydrogen-bond acceptors (Lipinski definition) is 30. The topological polar surface area (TPSA) is 565 Å². The number of aliphatic carboxylic acids is 2. The Labute approximate surface area is 661 Å². The van der Waals surface area contributed by atoms with E-state index in [1.165, 1.54) is 77.0 Å². The predicted molar refractivity (Wildman–Crippen MR) is 402 cm³/mol. The first kappa shape index (κ1) is 102. The van der Waals surface area contributed by atoms with Crippen molar-refractivity contribution in [2.24, 2.45) is 0 Å². The van der Waals surface area contributed by atoms with E-state index in [0.717, 1.165) is 90.9 Å². The van der Waals surface area contributed by atoms with Crippen molar-refractivity contribution in [2.45, 2.75) is 368 Å². The molecule has 3 saturated heterocycles. The van der Waals surface area contributed by atoms with Crippen molar-refractivity contribution in [2.75, 3.05) is 39.6 Å². The first-order valence-electron chi connectivity index (χ1n) is 40.2. The summed E-state index contributed by atoms with van der Waals surface area (Å²) in [6, 6.07) is -1.56. The van der Waals surface area contributed by atoms with E-state index >= 15 is 0 Å². The number of carboxylic acids is 2. The Kier molecular flexibility index (Phi) is 51.5. The first-order chi connectivity index (χ1) is 53.9. The van der Waals surface area contributed by atoms with Crippen molar-refractivity contribution < 1.29 is 161 Å². The number of hydrogen-bond donors (Lipinski definition) is 17. The van der Waals surface area contributed by atoms with Gasteiger partial charge in [0.1, 0.15) is 85.6 Å². The molecule has 3 fully saturated rings. The number of aliphatic hydroxyl groups excluding tert-OH is 10. The van der Waals surface area contributed by atoms with Crippen LogP contribution in [0.15, 0.2) is 24.3 Å². The molecule has 3 heterocycles. The van der Waals surface area contributed by atoms with E-state index in [0.29, 0.717) is 12.8 Å². The van der Waals surface area contributed by atoms with Crippen molar-refractivity contribution in [3.05, 3.63) is 24.3 Å². The third-order valence-corrected chi connectivity index (χ3v) is 20.4. The van der Waals surface area contributed by atoms with Gasteiger partial charge in [-0.1, -0.05) is 141 Å². The second-order valence-electron chi connectivity index (χ2n) is 29.2. The third-order valence-electron chi connectivity index (χ3n) is 19.5. The number of phosphoric acid groups is 1. The zero-order chi connectivity index (χ0) is 83.9. The summed E-state index contributed by atoms with van der Waals surface area (Å²) in [5, 5.41) is 147. The van der Waals surface area contributed by atoms with Gasteiger partial charge in [0, 0.05) is 52.5 Å². The van der Waals surface area contributed by atoms with Gasteiger partial charge in [0.2, 0.25) is 29.7 Å². The van der Waals surface area contributed by atoms with Gasteiger partial charge in [0.25, 0.3) is 0 Å². The van der Waals surface area contributed by atoms with Crippen LogP contribution < -0.4 is 16.0 Å². The SMILES string of the molecule is CCCCCCCC/C=C\CCCCCCCC(=O)OCC(COP(=O)(O)OCCNC(=O)CCCCC(=O)CCC(NC(C)=O)[C@@H](O[C@@H]1OC(C(=O)O)[C@@H](O[C@@H]2OC(CO)[C@@H](O)C(O[C@@H]3OC(C(=O)O)[C@@H](O)[C@H](O)C3O)[C@]2(O)NC(C)=O)[C@H](O)C1O)[C@H](O)C(O)CO)OC(=O)CCCCCCC/C=C\CCCCCCCC. The van der Waals surface area contributed by atoms with Gasteiger partial charge >= 0.3 is 31.7 Å². The number of amides is 3. The van der Waals surface area contributed by atoms with E-state index in [4.69, 9.17) is 46.9 Å². The highest BCUT2D eigenvalue weighted by Crippen LogP contribution is 2.43. The molecule has 0 saturated carbocycles. The fraction of sp³-hybridized carbons (Fsp3) is 0.842. The van der Waals surface area contributed by atoms with E-state index in [-0.39, 0.29) is 45.1 Å². The summed E-state index contributed by atoms with van der Waals surface area (Å²) in [6.45, 7) is 1.94. The molecule has 0 bridgehead atoms. The molecule has 3 amide bonds. The van der Waals surface area contributed by atoms with Crippen LogP contribution in [0.25, 0.3) is 0 Å². The van der Waals surface area contributed by atoms with Crippen LogP contribution in [0.3, 0.4) is 0 Å². The van der Waals surface area contributed by atoms with Gasteiger partial charge in [0.15, 0.2) is 30.9 Å². The Balaban J connectivity index is 1.57. The second-order valence-corrected chi connectivity index (χ2v) is 30.6. The number of unbranched alkanes of at least 4 members (excludes halogenated alkanes) is 23. The number of carboxylic acid groups (broad SMARTS) is 2. The van der Waals surface area contributed by atoms with Gasteiger partial charge in [-0.15, -0.1) is 0 Å². The van der Waals surface area contributed by atoms with Crippen LogP contribution in [0.4, 0.5) is 0 Å². The Hall–Kier alpha value is -5.13. The minimum Gasteiger partial charge on any atom is -0.479 e. The standard InChI is InChI=1S/C76H132N3O33P/c1-5-7-9-11-13-15-17-19-21-23-25-27-29-31-33-39-57(87)103-47-52(106-58(88)40-34-32-30-28-26-24-22-20-18-16-14-12-10-8-6-2)48-105-113(101,102)104-44-43-77-56(86)38-36-35-37-51(84)41-42-53(78-49(3)82)66(59(89)54(85)45-80)108-73-65(95)63(93)67(69(110-73)72(98)99)111-75-76(100,79-50(4)83)70(60(90)55(46-81)107-75)112-74-64(94)61(91)62(92)68(109-74)71(96)97/h19-22,52-55,59-70,73-75,80-81,85,89-95,100H,5-18,23-48H2,1-4H3,(H,77,86)(H,78,82)(H,79,83)(H,96,97)(H,98,99)(H,101,102)/b21-19-,22-20-/t52?,53?,54?,55?,59-,60-,61+,62+,63-,64?,65?,66-,67+,68?,69?,70?,73-,74+,75+,76-/m1/s1. The number of aliphatic hydroxyl groups is 11. The van der Waals surface area contributed by atoms with Crippen LogP contribution in [0.5, 0.6) is 0 Å². The normalized spacial score (nSPS) is 26.5. The van der Waals surface area contributed by atoms with Crippen LogP contribution >= 0.6 is 7.82 Å². The van der Waals surface area contributed by atoms with Gasteiger partial charge in [-0.05, 0) is 83.5 Å². The smallest absolute Gasteiger partial charge is 0.472 e. The maximum absolute atomic E-state index is 13.4. The lowest BCUT2D eigenvalue weighted by Gasteiger charge is -2.52. The summed E-state index contributed by atoms with van der Waals surface area (Å²) < 4.78 is 67.5. The van der Waals surface area contributed by atoms with E-state index in [1.54, 1.807) is 0 Å². The number of carbonyl (C=O) groups is 8. The Morgan fingerprint density at radius 2 is 1.05 bits per heavy atom. The van der Waals surface area contributed by atoms with Gasteiger partial charge in [-0.3, -0.25) is 37.8 Å². The molecule has 0 aliphatic carbocycles. The van der Waals surface area contributed by atoms with Gasteiger partial charge in [-0.2, -0.15) is 0 Å². The monoisotopic (exact) mass is 1650 g/mol. The lowest BCUT2D eigenvalue weighted by Crippen LogP contribution is -2.76. The zero-order valence-corrected chi connectivity index (χ0v) is 66.9.